The molecule has 0 radical (unpaired) electrons. The third-order valence-electron chi connectivity index (χ3n) is 5.74. The minimum absolute atomic E-state index is 0.188. The van der Waals surface area contributed by atoms with Gasteiger partial charge in [0.05, 0.1) is 6.67 Å². The van der Waals surface area contributed by atoms with Crippen LogP contribution in [0, 0.1) is 6.92 Å². The molecular formula is C22H26N4O2. The van der Waals surface area contributed by atoms with E-state index in [9.17, 15) is 9.59 Å². The van der Waals surface area contributed by atoms with Crippen molar-refractivity contribution in [3.63, 3.8) is 0 Å². The van der Waals surface area contributed by atoms with Gasteiger partial charge < -0.3 is 10.2 Å². The van der Waals surface area contributed by atoms with Crippen LogP contribution in [0.15, 0.2) is 54.6 Å². The van der Waals surface area contributed by atoms with Gasteiger partial charge in [0.15, 0.2) is 0 Å². The maximum Gasteiger partial charge on any atom is 0.326 e. The van der Waals surface area contributed by atoms with Gasteiger partial charge in [-0.3, -0.25) is 9.69 Å². The number of carbonyl (C=O) groups is 2. The summed E-state index contributed by atoms with van der Waals surface area (Å²) in [6, 6.07) is 17.8. The Morgan fingerprint density at radius 1 is 0.929 bits per heavy atom. The SMILES string of the molecule is Cc1ccc(C2(C)NC(=O)N(CN3CCN(c4ccccc4)CC3)C2=O)cc1. The first-order valence-electron chi connectivity index (χ1n) is 9.71. The first kappa shape index (κ1) is 18.5. The monoisotopic (exact) mass is 378 g/mol. The smallest absolute Gasteiger partial charge is 0.326 e. The number of anilines is 1. The van der Waals surface area contributed by atoms with Crippen LogP contribution in [-0.4, -0.2) is 54.6 Å². The maximum absolute atomic E-state index is 13.1. The maximum atomic E-state index is 13.1. The Kier molecular flexibility index (Phi) is 4.81. The quantitative estimate of drug-likeness (QED) is 0.831. The molecule has 1 N–H and O–H groups in total. The first-order chi connectivity index (χ1) is 13.5. The number of benzene rings is 2. The average molecular weight is 378 g/mol. The zero-order valence-electron chi connectivity index (χ0n) is 16.4. The molecule has 28 heavy (non-hydrogen) atoms. The highest BCUT2D eigenvalue weighted by Crippen LogP contribution is 2.29. The summed E-state index contributed by atoms with van der Waals surface area (Å²) in [4.78, 5) is 31.5. The number of imide groups is 1. The molecule has 2 heterocycles. The lowest BCUT2D eigenvalue weighted by Crippen LogP contribution is -2.51. The van der Waals surface area contributed by atoms with Crippen molar-refractivity contribution in [3.05, 3.63) is 65.7 Å². The fourth-order valence-corrected chi connectivity index (χ4v) is 3.89. The number of piperazine rings is 1. The van der Waals surface area contributed by atoms with Crippen molar-refractivity contribution >= 4 is 17.6 Å². The predicted molar refractivity (Wildman–Crippen MR) is 109 cm³/mol. The summed E-state index contributed by atoms with van der Waals surface area (Å²) in [5.74, 6) is -0.188. The minimum Gasteiger partial charge on any atom is -0.369 e. The molecular weight excluding hydrogens is 352 g/mol. The van der Waals surface area contributed by atoms with Crippen LogP contribution in [0.1, 0.15) is 18.1 Å². The second-order valence-corrected chi connectivity index (χ2v) is 7.74. The van der Waals surface area contributed by atoms with E-state index in [4.69, 9.17) is 0 Å². The van der Waals surface area contributed by atoms with Gasteiger partial charge in [-0.15, -0.1) is 0 Å². The van der Waals surface area contributed by atoms with Crippen LogP contribution in [0.25, 0.3) is 0 Å². The number of para-hydroxylation sites is 1. The zero-order chi connectivity index (χ0) is 19.7. The van der Waals surface area contributed by atoms with E-state index >= 15 is 0 Å². The molecule has 0 aliphatic carbocycles. The number of urea groups is 1. The van der Waals surface area contributed by atoms with E-state index in [1.807, 2.05) is 49.4 Å². The summed E-state index contributed by atoms with van der Waals surface area (Å²) < 4.78 is 0. The molecule has 0 spiro atoms. The van der Waals surface area contributed by atoms with E-state index in [1.165, 1.54) is 10.6 Å². The van der Waals surface area contributed by atoms with E-state index in [1.54, 1.807) is 6.92 Å². The van der Waals surface area contributed by atoms with E-state index in [2.05, 4.69) is 27.2 Å². The molecule has 2 saturated heterocycles. The molecule has 146 valence electrons. The Bertz CT molecular complexity index is 860. The number of nitrogens with one attached hydrogen (secondary N) is 1. The Labute approximate surface area is 165 Å². The fourth-order valence-electron chi connectivity index (χ4n) is 3.89. The van der Waals surface area contributed by atoms with Crippen LogP contribution in [0.3, 0.4) is 0 Å². The summed E-state index contributed by atoms with van der Waals surface area (Å²) in [7, 11) is 0. The molecule has 0 aromatic heterocycles. The molecule has 3 amide bonds. The zero-order valence-corrected chi connectivity index (χ0v) is 16.4. The molecule has 1 atom stereocenters. The lowest BCUT2D eigenvalue weighted by molar-refractivity contribution is -0.132. The first-order valence-corrected chi connectivity index (χ1v) is 9.71. The average Bonchev–Trinajstić information content (AvgIpc) is 2.93. The fraction of sp³-hybridized carbons (Fsp3) is 0.364. The largest absolute Gasteiger partial charge is 0.369 e. The highest BCUT2D eigenvalue weighted by atomic mass is 16.2. The normalized spacial score (nSPS) is 23.2. The molecule has 2 aromatic carbocycles. The van der Waals surface area contributed by atoms with Gasteiger partial charge >= 0.3 is 6.03 Å². The highest BCUT2D eigenvalue weighted by Gasteiger charge is 2.49. The standard InChI is InChI=1S/C22H26N4O2/c1-17-8-10-18(11-9-17)22(2)20(27)26(21(28)23-22)16-24-12-14-25(15-13-24)19-6-4-3-5-7-19/h3-11H,12-16H2,1-2H3,(H,23,28). The molecule has 6 heteroatoms. The van der Waals surface area contributed by atoms with Crippen LogP contribution >= 0.6 is 0 Å². The van der Waals surface area contributed by atoms with E-state index in [0.29, 0.717) is 6.67 Å². The number of hydrogen-bond acceptors (Lipinski definition) is 4. The number of nitrogens with zero attached hydrogens (tertiary/aromatic N) is 3. The number of hydrogen-bond donors (Lipinski definition) is 1. The summed E-state index contributed by atoms with van der Waals surface area (Å²) in [6.07, 6.45) is 0. The number of carbonyl (C=O) groups excluding carboxylic acids is 2. The van der Waals surface area contributed by atoms with Crippen LogP contribution in [0.2, 0.25) is 0 Å². The van der Waals surface area contributed by atoms with E-state index in [0.717, 1.165) is 37.3 Å². The Morgan fingerprint density at radius 3 is 2.21 bits per heavy atom. The van der Waals surface area contributed by atoms with Crippen molar-refractivity contribution in [1.82, 2.24) is 15.1 Å². The van der Waals surface area contributed by atoms with Crippen LogP contribution in [-0.2, 0) is 10.3 Å². The molecule has 2 aliphatic heterocycles. The molecule has 2 aliphatic rings. The van der Waals surface area contributed by atoms with Gasteiger partial charge in [0.1, 0.15) is 5.54 Å². The minimum atomic E-state index is -1.00. The van der Waals surface area contributed by atoms with Crippen molar-refractivity contribution in [2.24, 2.45) is 0 Å². The number of amides is 3. The van der Waals surface area contributed by atoms with Gasteiger partial charge in [-0.25, -0.2) is 9.69 Å². The molecule has 6 nitrogen and oxygen atoms in total. The second kappa shape index (κ2) is 7.28. The van der Waals surface area contributed by atoms with Crippen molar-refractivity contribution in [2.75, 3.05) is 37.7 Å². The third kappa shape index (κ3) is 3.36. The molecule has 2 aromatic rings. The molecule has 4 rings (SSSR count). The van der Waals surface area contributed by atoms with Gasteiger partial charge in [0.25, 0.3) is 5.91 Å². The van der Waals surface area contributed by atoms with Crippen molar-refractivity contribution in [1.29, 1.82) is 0 Å². The summed E-state index contributed by atoms with van der Waals surface area (Å²) >= 11 is 0. The van der Waals surface area contributed by atoms with Gasteiger partial charge in [0.2, 0.25) is 0 Å². The van der Waals surface area contributed by atoms with Gasteiger partial charge in [-0.05, 0) is 31.5 Å². The van der Waals surface area contributed by atoms with Gasteiger partial charge in [0, 0.05) is 31.9 Å². The van der Waals surface area contributed by atoms with Crippen molar-refractivity contribution in [3.8, 4) is 0 Å². The summed E-state index contributed by atoms with van der Waals surface area (Å²) in [6.45, 7) is 7.49. The van der Waals surface area contributed by atoms with Crippen LogP contribution < -0.4 is 10.2 Å². The van der Waals surface area contributed by atoms with Gasteiger partial charge in [-0.1, -0.05) is 48.0 Å². The number of aryl methyl sites for hydroxylation is 1. The molecule has 0 bridgehead atoms. The Morgan fingerprint density at radius 2 is 1.57 bits per heavy atom. The molecule has 0 saturated carbocycles. The molecule has 2 fully saturated rings. The summed E-state index contributed by atoms with van der Waals surface area (Å²) in [5, 5.41) is 2.89. The highest BCUT2D eigenvalue weighted by molar-refractivity contribution is 6.07. The third-order valence-corrected chi connectivity index (χ3v) is 5.74. The lowest BCUT2D eigenvalue weighted by atomic mass is 9.91. The van der Waals surface area contributed by atoms with Crippen LogP contribution in [0.5, 0.6) is 0 Å². The van der Waals surface area contributed by atoms with E-state index < -0.39 is 5.54 Å². The van der Waals surface area contributed by atoms with Gasteiger partial charge in [-0.2, -0.15) is 0 Å². The molecule has 1 unspecified atom stereocenters. The van der Waals surface area contributed by atoms with E-state index in [-0.39, 0.29) is 11.9 Å². The number of rotatable bonds is 4. The predicted octanol–water partition coefficient (Wildman–Crippen LogP) is 2.54. The summed E-state index contributed by atoms with van der Waals surface area (Å²) in [5.41, 5.74) is 2.14. The Balaban J connectivity index is 1.41. The van der Waals surface area contributed by atoms with Crippen molar-refractivity contribution < 1.29 is 9.59 Å². The lowest BCUT2D eigenvalue weighted by Gasteiger charge is -2.37. The topological polar surface area (TPSA) is 55.9 Å². The van der Waals surface area contributed by atoms with Crippen LogP contribution in [0.4, 0.5) is 10.5 Å². The van der Waals surface area contributed by atoms with Crippen molar-refractivity contribution in [2.45, 2.75) is 19.4 Å². The second-order valence-electron chi connectivity index (χ2n) is 7.74. The Hall–Kier alpha value is -2.86.